The molecule has 0 radical (unpaired) electrons. The van der Waals surface area contributed by atoms with Crippen LogP contribution in [0.3, 0.4) is 0 Å². The van der Waals surface area contributed by atoms with Gasteiger partial charge in [-0.1, -0.05) is 25.7 Å². The van der Waals surface area contributed by atoms with Gasteiger partial charge in [0.05, 0.1) is 12.7 Å². The minimum absolute atomic E-state index is 0. The van der Waals surface area contributed by atoms with E-state index in [4.69, 9.17) is 9.47 Å². The lowest BCUT2D eigenvalue weighted by Gasteiger charge is -2.42. The van der Waals surface area contributed by atoms with E-state index in [-0.39, 0.29) is 47.4 Å². The second kappa shape index (κ2) is 15.3. The van der Waals surface area contributed by atoms with E-state index in [1.54, 1.807) is 33.3 Å². The Balaban J connectivity index is 0.00000250. The molecule has 0 aliphatic carbocycles. The summed E-state index contributed by atoms with van der Waals surface area (Å²) in [6, 6.07) is -2.67. The van der Waals surface area contributed by atoms with Crippen LogP contribution in [0.4, 0.5) is 0 Å². The smallest absolute Gasteiger partial charge is 0.333 e. The van der Waals surface area contributed by atoms with E-state index >= 15 is 0 Å². The van der Waals surface area contributed by atoms with Crippen LogP contribution in [0.1, 0.15) is 79.1 Å². The molecule has 16 heteroatoms. The molecule has 6 atom stereocenters. The molecule has 6 aliphatic rings. The number of aliphatic imine (C=N–C) groups is 2. The van der Waals surface area contributed by atoms with E-state index in [1.807, 2.05) is 40.4 Å². The summed E-state index contributed by atoms with van der Waals surface area (Å²) >= 11 is 3.08. The highest BCUT2D eigenvalue weighted by Crippen LogP contribution is 2.53. The Morgan fingerprint density at radius 1 is 0.681 bits per heavy atom. The number of halogens is 2. The summed E-state index contributed by atoms with van der Waals surface area (Å²) in [4.78, 5) is 69.5. The second-order valence-corrected chi connectivity index (χ2v) is 17.4. The average Bonchev–Trinajstić information content (AvgIpc) is 3.20. The van der Waals surface area contributed by atoms with Crippen molar-refractivity contribution >= 4 is 84.8 Å². The van der Waals surface area contributed by atoms with Gasteiger partial charge in [0.1, 0.15) is 22.8 Å². The molecule has 264 valence electrons. The van der Waals surface area contributed by atoms with Crippen LogP contribution in [0.25, 0.3) is 0 Å². The molecule has 0 N–H and O–H groups in total. The monoisotopic (exact) mass is 734 g/mol. The van der Waals surface area contributed by atoms with Crippen LogP contribution in [0.2, 0.25) is 0 Å². The van der Waals surface area contributed by atoms with Crippen LogP contribution in [0, 0.1) is 0 Å². The summed E-state index contributed by atoms with van der Waals surface area (Å²) in [5.74, 6) is -1.62. The summed E-state index contributed by atoms with van der Waals surface area (Å²) in [7, 11) is 0. The van der Waals surface area contributed by atoms with Gasteiger partial charge in [0.2, 0.25) is 6.79 Å². The fourth-order valence-electron chi connectivity index (χ4n) is 7.28. The zero-order chi connectivity index (χ0) is 31.9. The van der Waals surface area contributed by atoms with E-state index in [0.29, 0.717) is 0 Å². The number of esters is 2. The number of hydrogen-bond acceptors (Lipinski definition) is 10. The number of hydrogen-bond donors (Lipinski definition) is 0. The van der Waals surface area contributed by atoms with Crippen LogP contribution in [0.5, 0.6) is 0 Å². The first kappa shape index (κ1) is 37.9. The Labute approximate surface area is 298 Å². The number of carbonyl (C=O) groups is 4. The van der Waals surface area contributed by atoms with Gasteiger partial charge < -0.3 is 29.1 Å². The normalized spacial score (nSPS) is 32.8. The number of likely N-dealkylation sites (tertiary alicyclic amines) is 2. The average molecular weight is 736 g/mol. The van der Waals surface area contributed by atoms with E-state index in [2.05, 4.69) is 19.8 Å². The van der Waals surface area contributed by atoms with E-state index in [9.17, 15) is 19.2 Å². The quantitative estimate of drug-likeness (QED) is 0.120. The predicted octanol–water partition coefficient (Wildman–Crippen LogP) is 3.54. The number of fused-ring (bicyclic) bond motifs is 2. The van der Waals surface area contributed by atoms with Crippen molar-refractivity contribution in [2.75, 3.05) is 33.0 Å². The number of thioether (sulfide) groups is 2. The standard InChI is InChI=1S/C31H46N6O6S2.2ClH/c1-30(2)22(36-24(38)20(26(36)44-30)32-17-34-13-9-5-6-10-14-34)28(40)42-19-43-29(41)23-31(3,4)45-27-21(25(39)37(23)27)33-18-35-15-11-7-8-12-16-35;;/h17-18,20-23,26-27H,5-16,19H2,1-4H3;2*1H/t20-,21-,22+,23+,26-,27-;;/m1../s1. The highest BCUT2D eigenvalue weighted by Gasteiger charge is 2.65. The molecule has 2 amide bonds. The van der Waals surface area contributed by atoms with Gasteiger partial charge >= 0.3 is 11.9 Å². The molecule has 6 saturated heterocycles. The molecule has 0 saturated carbocycles. The van der Waals surface area contributed by atoms with Crippen LogP contribution < -0.4 is 0 Å². The third kappa shape index (κ3) is 7.50. The molecule has 6 heterocycles. The number of carbonyl (C=O) groups excluding carboxylic acids is 4. The highest BCUT2D eigenvalue weighted by atomic mass is 35.5. The molecule has 0 aromatic heterocycles. The van der Waals surface area contributed by atoms with Crippen LogP contribution in [-0.4, -0.2) is 133 Å². The van der Waals surface area contributed by atoms with Crippen LogP contribution >= 0.6 is 48.3 Å². The van der Waals surface area contributed by atoms with Crippen molar-refractivity contribution in [2.45, 2.75) is 123 Å². The lowest BCUT2D eigenvalue weighted by atomic mass is 9.96. The van der Waals surface area contributed by atoms with Gasteiger partial charge in [0.25, 0.3) is 11.8 Å². The first-order chi connectivity index (χ1) is 21.5. The first-order valence-electron chi connectivity index (χ1n) is 16.4. The summed E-state index contributed by atoms with van der Waals surface area (Å²) in [6.45, 7) is 10.9. The van der Waals surface area contributed by atoms with E-state index in [1.165, 1.54) is 25.7 Å². The minimum atomic E-state index is -0.814. The maximum Gasteiger partial charge on any atom is 0.333 e. The van der Waals surface area contributed by atoms with E-state index in [0.717, 1.165) is 51.9 Å². The van der Waals surface area contributed by atoms with Crippen molar-refractivity contribution in [1.82, 2.24) is 19.6 Å². The molecule has 0 spiro atoms. The fraction of sp³-hybridized carbons (Fsp3) is 0.806. The molecule has 0 bridgehead atoms. The van der Waals surface area contributed by atoms with Gasteiger partial charge in [-0.25, -0.2) is 9.59 Å². The Morgan fingerprint density at radius 2 is 1.02 bits per heavy atom. The zero-order valence-electron chi connectivity index (χ0n) is 27.6. The maximum absolute atomic E-state index is 13.3. The topological polar surface area (TPSA) is 124 Å². The van der Waals surface area contributed by atoms with Gasteiger partial charge in [0.15, 0.2) is 12.1 Å². The lowest BCUT2D eigenvalue weighted by molar-refractivity contribution is -0.181. The molecule has 0 unspecified atom stereocenters. The predicted molar refractivity (Wildman–Crippen MR) is 188 cm³/mol. The largest absolute Gasteiger partial charge is 0.426 e. The third-order valence-corrected chi connectivity index (χ3v) is 12.9. The first-order valence-corrected chi connectivity index (χ1v) is 18.1. The highest BCUT2D eigenvalue weighted by molar-refractivity contribution is 8.02. The van der Waals surface area contributed by atoms with Gasteiger partial charge in [-0.2, -0.15) is 0 Å². The molecule has 6 aliphatic heterocycles. The van der Waals surface area contributed by atoms with Crippen molar-refractivity contribution in [2.24, 2.45) is 9.98 Å². The Morgan fingerprint density at radius 3 is 1.36 bits per heavy atom. The van der Waals surface area contributed by atoms with E-state index < -0.39 is 52.4 Å². The van der Waals surface area contributed by atoms with Gasteiger partial charge in [-0.15, -0.1) is 48.3 Å². The molecule has 12 nitrogen and oxygen atoms in total. The number of amides is 2. The lowest BCUT2D eigenvalue weighted by Crippen LogP contribution is -2.65. The molecule has 6 rings (SSSR count). The molecule has 0 aromatic carbocycles. The Bertz CT molecular complexity index is 1150. The maximum atomic E-state index is 13.3. The summed E-state index contributed by atoms with van der Waals surface area (Å²) in [5.41, 5.74) is 0. The number of rotatable bonds is 8. The fourth-order valence-corrected chi connectivity index (χ4v) is 10.5. The summed E-state index contributed by atoms with van der Waals surface area (Å²) in [5, 5.41) is -0.479. The molecule has 47 heavy (non-hydrogen) atoms. The second-order valence-electron chi connectivity index (χ2n) is 13.9. The number of ether oxygens (including phenoxy) is 2. The third-order valence-electron chi connectivity index (χ3n) is 9.74. The molecule has 0 aromatic rings. The SMILES string of the molecule is CC1(C)S[C@@H]2[C@H](N=CN3CCCCCC3)C(=O)N2[C@H]1C(=O)OCOC(=O)[C@@H]1N2C(=O)[C@@H](N=CN3CCCCCC3)[C@H]2SC1(C)C.Cl.Cl. The Kier molecular flexibility index (Phi) is 12.4. The zero-order valence-corrected chi connectivity index (χ0v) is 30.8. The molecular weight excluding hydrogens is 687 g/mol. The van der Waals surface area contributed by atoms with Crippen molar-refractivity contribution in [3.63, 3.8) is 0 Å². The van der Waals surface area contributed by atoms with Crippen LogP contribution in [-0.2, 0) is 28.7 Å². The summed E-state index contributed by atoms with van der Waals surface area (Å²) < 4.78 is 9.67. The van der Waals surface area contributed by atoms with Crippen molar-refractivity contribution in [3.05, 3.63) is 0 Å². The number of β-lactam (4-membered cyclic amide) rings is 2. The Hall–Kier alpha value is -1.90. The summed E-state index contributed by atoms with van der Waals surface area (Å²) in [6.07, 6.45) is 13.0. The van der Waals surface area contributed by atoms with Crippen molar-refractivity contribution in [1.29, 1.82) is 0 Å². The molecular formula is C31H48Cl2N6O6S2. The molecule has 6 fully saturated rings. The van der Waals surface area contributed by atoms with Crippen molar-refractivity contribution < 1.29 is 28.7 Å². The van der Waals surface area contributed by atoms with Crippen molar-refractivity contribution in [3.8, 4) is 0 Å². The minimum Gasteiger partial charge on any atom is -0.426 e. The van der Waals surface area contributed by atoms with Gasteiger partial charge in [0, 0.05) is 35.7 Å². The van der Waals surface area contributed by atoms with Gasteiger partial charge in [-0.05, 0) is 53.4 Å². The van der Waals surface area contributed by atoms with Crippen LogP contribution in [0.15, 0.2) is 9.98 Å². The van der Waals surface area contributed by atoms with Gasteiger partial charge in [-0.3, -0.25) is 19.6 Å². The number of nitrogens with zero attached hydrogens (tertiary/aromatic N) is 6.